The Labute approximate surface area is 206 Å². The first kappa shape index (κ1) is 24.3. The lowest BCUT2D eigenvalue weighted by Gasteiger charge is -2.19. The van der Waals surface area contributed by atoms with Crippen molar-refractivity contribution in [2.75, 3.05) is 23.9 Å². The maximum Gasteiger partial charge on any atom is 0.407 e. The van der Waals surface area contributed by atoms with Gasteiger partial charge in [-0.3, -0.25) is 9.48 Å². The highest BCUT2D eigenvalue weighted by molar-refractivity contribution is 7.98. The minimum atomic E-state index is -1.26. The van der Waals surface area contributed by atoms with Crippen LogP contribution in [0.15, 0.2) is 54.7 Å². The van der Waals surface area contributed by atoms with Crippen LogP contribution < -0.4 is 10.6 Å². The van der Waals surface area contributed by atoms with Crippen LogP contribution in [0.4, 0.5) is 10.5 Å². The van der Waals surface area contributed by atoms with Gasteiger partial charge >= 0.3 is 12.1 Å². The molecular weight excluding hydrogens is 468 g/mol. The van der Waals surface area contributed by atoms with Crippen molar-refractivity contribution in [3.05, 3.63) is 71.5 Å². The number of benzene rings is 2. The normalized spacial score (nSPS) is 13.0. The number of aryl methyl sites for hydroxylation is 1. The SMILES string of the molecule is CSCCC(NC(=O)OCC1c2ccccc2-c2ccccc21)C(=O)Nc1cn(C)nc1C(=O)O. The number of rotatable bonds is 9. The van der Waals surface area contributed by atoms with Gasteiger partial charge in [0.2, 0.25) is 5.91 Å². The smallest absolute Gasteiger partial charge is 0.407 e. The van der Waals surface area contributed by atoms with E-state index in [0.29, 0.717) is 12.2 Å². The number of nitrogens with one attached hydrogen (secondary N) is 2. The molecular formula is C25H26N4O5S. The van der Waals surface area contributed by atoms with Crippen LogP contribution >= 0.6 is 11.8 Å². The molecule has 1 heterocycles. The molecule has 3 aromatic rings. The van der Waals surface area contributed by atoms with Gasteiger partial charge in [-0.1, -0.05) is 48.5 Å². The lowest BCUT2D eigenvalue weighted by atomic mass is 9.98. The second kappa shape index (κ2) is 10.6. The van der Waals surface area contributed by atoms with E-state index in [0.717, 1.165) is 22.3 Å². The van der Waals surface area contributed by atoms with Crippen LogP contribution in [0.5, 0.6) is 0 Å². The maximum atomic E-state index is 12.9. The summed E-state index contributed by atoms with van der Waals surface area (Å²) in [6.45, 7) is 0.127. The third kappa shape index (κ3) is 5.32. The number of amides is 2. The van der Waals surface area contributed by atoms with Gasteiger partial charge < -0.3 is 20.5 Å². The van der Waals surface area contributed by atoms with Crippen molar-refractivity contribution in [3.63, 3.8) is 0 Å². The summed E-state index contributed by atoms with van der Waals surface area (Å²) < 4.78 is 6.87. The van der Waals surface area contributed by atoms with E-state index in [4.69, 9.17) is 4.74 Å². The minimum absolute atomic E-state index is 0.0634. The van der Waals surface area contributed by atoms with Crippen molar-refractivity contribution in [2.45, 2.75) is 18.4 Å². The quantitative estimate of drug-likeness (QED) is 0.414. The molecule has 1 aliphatic rings. The number of carbonyl (C=O) groups excluding carboxylic acids is 2. The van der Waals surface area contributed by atoms with Gasteiger partial charge in [0.25, 0.3) is 0 Å². The lowest BCUT2D eigenvalue weighted by Crippen LogP contribution is -2.44. The maximum absolute atomic E-state index is 12.9. The molecule has 0 bridgehead atoms. The van der Waals surface area contributed by atoms with E-state index in [2.05, 4.69) is 27.9 Å². The molecule has 0 fully saturated rings. The van der Waals surface area contributed by atoms with Crippen molar-refractivity contribution in [1.82, 2.24) is 15.1 Å². The van der Waals surface area contributed by atoms with E-state index < -0.39 is 24.0 Å². The number of hydrogen-bond donors (Lipinski definition) is 3. The number of alkyl carbamates (subject to hydrolysis) is 1. The fraction of sp³-hybridized carbons (Fsp3) is 0.280. The Morgan fingerprint density at radius 3 is 2.34 bits per heavy atom. The number of anilines is 1. The van der Waals surface area contributed by atoms with Crippen molar-refractivity contribution >= 4 is 35.4 Å². The number of nitrogens with zero attached hydrogens (tertiary/aromatic N) is 2. The Kier molecular flexibility index (Phi) is 7.40. The Balaban J connectivity index is 1.43. The Hall–Kier alpha value is -3.79. The predicted molar refractivity (Wildman–Crippen MR) is 134 cm³/mol. The summed E-state index contributed by atoms with van der Waals surface area (Å²) in [5.41, 5.74) is 4.23. The zero-order valence-electron chi connectivity index (χ0n) is 19.4. The molecule has 1 unspecified atom stereocenters. The number of carbonyl (C=O) groups is 3. The number of ether oxygens (including phenoxy) is 1. The van der Waals surface area contributed by atoms with Crippen LogP contribution in [-0.2, 0) is 16.6 Å². The number of carboxylic acids is 1. The molecule has 1 aromatic heterocycles. The third-order valence-corrected chi connectivity index (χ3v) is 6.50. The number of aromatic carboxylic acids is 1. The zero-order chi connectivity index (χ0) is 24.9. The van der Waals surface area contributed by atoms with E-state index in [1.54, 1.807) is 7.05 Å². The average molecular weight is 495 g/mol. The molecule has 182 valence electrons. The van der Waals surface area contributed by atoms with Gasteiger partial charge in [0.15, 0.2) is 5.69 Å². The number of carboxylic acid groups (broad SMARTS) is 1. The number of thioether (sulfide) groups is 1. The molecule has 1 atom stereocenters. The summed E-state index contributed by atoms with van der Waals surface area (Å²) >= 11 is 1.53. The fourth-order valence-electron chi connectivity index (χ4n) is 4.24. The largest absolute Gasteiger partial charge is 0.476 e. The Morgan fingerprint density at radius 2 is 1.74 bits per heavy atom. The van der Waals surface area contributed by atoms with Crippen molar-refractivity contribution in [2.24, 2.45) is 7.05 Å². The second-order valence-electron chi connectivity index (χ2n) is 8.16. The highest BCUT2D eigenvalue weighted by atomic mass is 32.2. The minimum Gasteiger partial charge on any atom is -0.476 e. The highest BCUT2D eigenvalue weighted by Gasteiger charge is 2.30. The molecule has 0 saturated heterocycles. The second-order valence-corrected chi connectivity index (χ2v) is 9.15. The van der Waals surface area contributed by atoms with Crippen LogP contribution in [0, 0.1) is 0 Å². The van der Waals surface area contributed by atoms with Crippen LogP contribution in [0.3, 0.4) is 0 Å². The van der Waals surface area contributed by atoms with Gasteiger partial charge in [-0.15, -0.1) is 0 Å². The summed E-state index contributed by atoms with van der Waals surface area (Å²) in [4.78, 5) is 37.0. The first-order valence-corrected chi connectivity index (χ1v) is 12.5. The number of aromatic nitrogens is 2. The van der Waals surface area contributed by atoms with Crippen LogP contribution in [0.1, 0.15) is 34.0 Å². The van der Waals surface area contributed by atoms with E-state index >= 15 is 0 Å². The standard InChI is InChI=1S/C25H26N4O5S/c1-29-13-21(22(28-29)24(31)32)26-23(30)20(11-12-35-2)27-25(33)34-14-19-17-9-5-3-7-15(17)16-8-4-6-10-18(16)19/h3-10,13,19-20H,11-12,14H2,1-2H3,(H,26,30)(H,27,33)(H,31,32). The molecule has 0 radical (unpaired) electrons. The van der Waals surface area contributed by atoms with Crippen LogP contribution in [0.25, 0.3) is 11.1 Å². The summed E-state index contributed by atoms with van der Waals surface area (Å²) in [6, 6.07) is 15.2. The summed E-state index contributed by atoms with van der Waals surface area (Å²) in [6.07, 6.45) is 2.93. The first-order chi connectivity index (χ1) is 16.9. The Bertz CT molecular complexity index is 1210. The van der Waals surface area contributed by atoms with Crippen molar-refractivity contribution in [1.29, 1.82) is 0 Å². The Morgan fingerprint density at radius 1 is 1.11 bits per heavy atom. The van der Waals surface area contributed by atoms with Crippen LogP contribution in [0.2, 0.25) is 0 Å². The van der Waals surface area contributed by atoms with E-state index in [1.165, 1.54) is 22.6 Å². The van der Waals surface area contributed by atoms with Crippen molar-refractivity contribution in [3.8, 4) is 11.1 Å². The monoisotopic (exact) mass is 494 g/mol. The van der Waals surface area contributed by atoms with Gasteiger partial charge in [-0.2, -0.15) is 16.9 Å². The highest BCUT2D eigenvalue weighted by Crippen LogP contribution is 2.44. The molecule has 4 rings (SSSR count). The molecule has 0 saturated carbocycles. The molecule has 10 heteroatoms. The van der Waals surface area contributed by atoms with Gasteiger partial charge in [0, 0.05) is 19.2 Å². The fourth-order valence-corrected chi connectivity index (χ4v) is 4.72. The topological polar surface area (TPSA) is 123 Å². The molecule has 9 nitrogen and oxygen atoms in total. The molecule has 0 aliphatic heterocycles. The predicted octanol–water partition coefficient (Wildman–Crippen LogP) is 3.72. The summed E-state index contributed by atoms with van der Waals surface area (Å²) in [5.74, 6) is -1.28. The molecule has 35 heavy (non-hydrogen) atoms. The number of hydrogen-bond acceptors (Lipinski definition) is 6. The average Bonchev–Trinajstić information content (AvgIpc) is 3.37. The van der Waals surface area contributed by atoms with Gasteiger partial charge in [0.05, 0.1) is 5.69 Å². The molecule has 2 amide bonds. The zero-order valence-corrected chi connectivity index (χ0v) is 20.2. The van der Waals surface area contributed by atoms with Gasteiger partial charge in [0.1, 0.15) is 12.6 Å². The molecule has 1 aliphatic carbocycles. The molecule has 3 N–H and O–H groups in total. The lowest BCUT2D eigenvalue weighted by molar-refractivity contribution is -0.118. The van der Waals surface area contributed by atoms with Crippen molar-refractivity contribution < 1.29 is 24.2 Å². The van der Waals surface area contributed by atoms with Gasteiger partial charge in [-0.05, 0) is 40.7 Å². The molecule has 0 spiro atoms. The third-order valence-electron chi connectivity index (χ3n) is 5.85. The van der Waals surface area contributed by atoms with Crippen LogP contribution in [-0.4, -0.2) is 57.5 Å². The summed E-state index contributed by atoms with van der Waals surface area (Å²) in [7, 11) is 1.56. The molecule has 2 aromatic carbocycles. The summed E-state index contributed by atoms with van der Waals surface area (Å²) in [5, 5.41) is 18.4. The van der Waals surface area contributed by atoms with E-state index in [1.807, 2.05) is 42.7 Å². The number of fused-ring (bicyclic) bond motifs is 3. The first-order valence-electron chi connectivity index (χ1n) is 11.1. The van der Waals surface area contributed by atoms with Gasteiger partial charge in [-0.25, -0.2) is 9.59 Å². The van der Waals surface area contributed by atoms with E-state index in [9.17, 15) is 19.5 Å². The van der Waals surface area contributed by atoms with E-state index in [-0.39, 0.29) is 23.9 Å².